The Labute approximate surface area is 41.4 Å². The highest BCUT2D eigenvalue weighted by atomic mass is 31.0. The fourth-order valence-corrected chi connectivity index (χ4v) is 0.417. The van der Waals surface area contributed by atoms with Gasteiger partial charge in [-0.3, -0.25) is 0 Å². The molecule has 0 radical (unpaired) electrons. The molecule has 0 aromatic carbocycles. The highest BCUT2D eigenvalue weighted by Crippen LogP contribution is 1.84. The maximum Gasteiger partial charge on any atom is 0.0176 e. The number of hydrogen-bond acceptors (Lipinski definition) is 1. The molecule has 1 N–H and O–H groups in total. The molecule has 1 atom stereocenters. The Morgan fingerprint density at radius 1 is 1.50 bits per heavy atom. The van der Waals surface area contributed by atoms with Crippen LogP contribution in [0.4, 0.5) is 0 Å². The standard InChI is InChI=1S/C4H7N.H3P/c1-2-4-5-3-1;/h1,3,5H,2,4H2;1H3. The summed E-state index contributed by atoms with van der Waals surface area (Å²) in [7, 11) is 0. The SMILES string of the molecule is C1=CNCC1.P. The number of rotatable bonds is 0. The Bertz CT molecular complexity index is 45.5. The maximum atomic E-state index is 3.04. The lowest BCUT2D eigenvalue weighted by Crippen LogP contribution is -1.96. The van der Waals surface area contributed by atoms with Crippen molar-refractivity contribution >= 4 is 9.90 Å². The predicted octanol–water partition coefficient (Wildman–Crippen LogP) is 0.551. The van der Waals surface area contributed by atoms with Gasteiger partial charge in [-0.15, -0.1) is 0 Å². The molecule has 0 bridgehead atoms. The largest absolute Gasteiger partial charge is 0.391 e. The number of nitrogens with one attached hydrogen (secondary N) is 1. The minimum Gasteiger partial charge on any atom is -0.391 e. The van der Waals surface area contributed by atoms with Crippen LogP contribution in [0.5, 0.6) is 0 Å². The van der Waals surface area contributed by atoms with Crippen LogP contribution >= 0.6 is 9.90 Å². The van der Waals surface area contributed by atoms with Crippen LogP contribution in [-0.4, -0.2) is 6.54 Å². The van der Waals surface area contributed by atoms with E-state index in [2.05, 4.69) is 11.4 Å². The second kappa shape index (κ2) is 3.17. The van der Waals surface area contributed by atoms with Crippen molar-refractivity contribution in [3.05, 3.63) is 12.3 Å². The lowest BCUT2D eigenvalue weighted by atomic mass is 10.5. The Balaban J connectivity index is 0.000000250. The van der Waals surface area contributed by atoms with Gasteiger partial charge in [0.25, 0.3) is 0 Å². The van der Waals surface area contributed by atoms with Gasteiger partial charge in [0.05, 0.1) is 0 Å². The average molecular weight is 103 g/mol. The molecule has 1 aliphatic heterocycles. The summed E-state index contributed by atoms with van der Waals surface area (Å²) in [5.74, 6) is 0. The fourth-order valence-electron chi connectivity index (χ4n) is 0.417. The van der Waals surface area contributed by atoms with E-state index in [4.69, 9.17) is 0 Å². The monoisotopic (exact) mass is 103 g/mol. The van der Waals surface area contributed by atoms with Gasteiger partial charge in [-0.1, -0.05) is 6.08 Å². The van der Waals surface area contributed by atoms with Crippen molar-refractivity contribution in [3.63, 3.8) is 0 Å². The summed E-state index contributed by atoms with van der Waals surface area (Å²) >= 11 is 0. The second-order valence-electron chi connectivity index (χ2n) is 1.15. The molecule has 1 aliphatic rings. The molecule has 0 amide bonds. The first-order valence-corrected chi connectivity index (χ1v) is 1.88. The Hall–Kier alpha value is -0.0300. The summed E-state index contributed by atoms with van der Waals surface area (Å²) < 4.78 is 0. The first-order chi connectivity index (χ1) is 2.50. The van der Waals surface area contributed by atoms with E-state index in [0.29, 0.717) is 0 Å². The summed E-state index contributed by atoms with van der Waals surface area (Å²) in [5, 5.41) is 3.04. The van der Waals surface area contributed by atoms with E-state index in [1.165, 1.54) is 6.42 Å². The normalized spacial score (nSPS) is 16.0. The van der Waals surface area contributed by atoms with Crippen molar-refractivity contribution in [1.82, 2.24) is 5.32 Å². The third-order valence-electron chi connectivity index (χ3n) is 0.691. The van der Waals surface area contributed by atoms with Crippen molar-refractivity contribution < 1.29 is 0 Å². The molecule has 0 aromatic heterocycles. The average Bonchev–Trinajstić information content (AvgIpc) is 1.76. The van der Waals surface area contributed by atoms with Crippen LogP contribution in [0.15, 0.2) is 12.3 Å². The minimum atomic E-state index is 0. The lowest BCUT2D eigenvalue weighted by molar-refractivity contribution is 0.917. The molecule has 6 heavy (non-hydrogen) atoms. The molecule has 0 aromatic rings. The summed E-state index contributed by atoms with van der Waals surface area (Å²) in [6.45, 7) is 1.14. The summed E-state index contributed by atoms with van der Waals surface area (Å²) in [5.41, 5.74) is 0. The van der Waals surface area contributed by atoms with Crippen LogP contribution in [0, 0.1) is 0 Å². The van der Waals surface area contributed by atoms with Crippen molar-refractivity contribution in [3.8, 4) is 0 Å². The molecular formula is C4H10NP. The van der Waals surface area contributed by atoms with Gasteiger partial charge in [0.2, 0.25) is 0 Å². The van der Waals surface area contributed by atoms with Gasteiger partial charge in [-0.05, 0) is 12.6 Å². The van der Waals surface area contributed by atoms with Crippen molar-refractivity contribution in [2.75, 3.05) is 6.54 Å². The molecule has 0 spiro atoms. The van der Waals surface area contributed by atoms with Gasteiger partial charge in [-0.25, -0.2) is 0 Å². The van der Waals surface area contributed by atoms with Gasteiger partial charge in [0.1, 0.15) is 0 Å². The summed E-state index contributed by atoms with van der Waals surface area (Å²) in [6.07, 6.45) is 5.32. The van der Waals surface area contributed by atoms with E-state index < -0.39 is 0 Å². The molecule has 0 saturated carbocycles. The highest BCUT2D eigenvalue weighted by Gasteiger charge is 1.81. The molecule has 0 aliphatic carbocycles. The predicted molar refractivity (Wildman–Crippen MR) is 32.9 cm³/mol. The van der Waals surface area contributed by atoms with Gasteiger partial charge < -0.3 is 5.32 Å². The van der Waals surface area contributed by atoms with Crippen LogP contribution in [-0.2, 0) is 0 Å². The summed E-state index contributed by atoms with van der Waals surface area (Å²) in [6, 6.07) is 0. The van der Waals surface area contributed by atoms with Crippen LogP contribution in [0.2, 0.25) is 0 Å². The van der Waals surface area contributed by atoms with E-state index in [0.717, 1.165) is 6.54 Å². The molecule has 2 heteroatoms. The Morgan fingerprint density at radius 3 is 2.50 bits per heavy atom. The fraction of sp³-hybridized carbons (Fsp3) is 0.500. The van der Waals surface area contributed by atoms with E-state index in [-0.39, 0.29) is 9.90 Å². The first kappa shape index (κ1) is 5.97. The Morgan fingerprint density at radius 2 is 2.33 bits per heavy atom. The molecule has 1 unspecified atom stereocenters. The van der Waals surface area contributed by atoms with Crippen LogP contribution in [0.25, 0.3) is 0 Å². The van der Waals surface area contributed by atoms with E-state index in [9.17, 15) is 0 Å². The molecular weight excluding hydrogens is 93.0 g/mol. The number of hydrogen-bond donors (Lipinski definition) is 1. The zero-order valence-corrected chi connectivity index (χ0v) is 5.19. The topological polar surface area (TPSA) is 12.0 Å². The Kier molecular flexibility index (Phi) is 3.16. The third kappa shape index (κ3) is 1.42. The summed E-state index contributed by atoms with van der Waals surface area (Å²) in [4.78, 5) is 0. The lowest BCUT2D eigenvalue weighted by Gasteiger charge is -1.78. The zero-order valence-electron chi connectivity index (χ0n) is 3.78. The third-order valence-corrected chi connectivity index (χ3v) is 0.691. The minimum absolute atomic E-state index is 0. The van der Waals surface area contributed by atoms with Crippen molar-refractivity contribution in [2.24, 2.45) is 0 Å². The smallest absolute Gasteiger partial charge is 0.0176 e. The van der Waals surface area contributed by atoms with Crippen LogP contribution in [0.1, 0.15) is 6.42 Å². The van der Waals surface area contributed by atoms with E-state index in [1.54, 1.807) is 0 Å². The zero-order chi connectivity index (χ0) is 3.54. The molecule has 1 rings (SSSR count). The van der Waals surface area contributed by atoms with E-state index in [1.807, 2.05) is 6.20 Å². The molecule has 36 valence electrons. The van der Waals surface area contributed by atoms with Gasteiger partial charge in [0.15, 0.2) is 0 Å². The van der Waals surface area contributed by atoms with Gasteiger partial charge in [0, 0.05) is 6.54 Å². The first-order valence-electron chi connectivity index (χ1n) is 1.88. The van der Waals surface area contributed by atoms with Crippen LogP contribution < -0.4 is 5.32 Å². The van der Waals surface area contributed by atoms with Crippen molar-refractivity contribution in [2.45, 2.75) is 6.42 Å². The second-order valence-corrected chi connectivity index (χ2v) is 1.15. The highest BCUT2D eigenvalue weighted by molar-refractivity contribution is 6.92. The van der Waals surface area contributed by atoms with Gasteiger partial charge in [-0.2, -0.15) is 9.90 Å². The molecule has 1 nitrogen and oxygen atoms in total. The van der Waals surface area contributed by atoms with E-state index >= 15 is 0 Å². The van der Waals surface area contributed by atoms with Gasteiger partial charge >= 0.3 is 0 Å². The van der Waals surface area contributed by atoms with Crippen LogP contribution in [0.3, 0.4) is 0 Å². The van der Waals surface area contributed by atoms with Crippen molar-refractivity contribution in [1.29, 1.82) is 0 Å². The quantitative estimate of drug-likeness (QED) is 0.441. The molecule has 0 saturated heterocycles. The molecule has 0 fully saturated rings. The maximum absolute atomic E-state index is 3.04. The molecule has 1 heterocycles.